The Hall–Kier alpha value is -1.51. The van der Waals surface area contributed by atoms with E-state index in [1.54, 1.807) is 18.3 Å². The summed E-state index contributed by atoms with van der Waals surface area (Å²) in [6, 6.07) is 7.98. The molecular weight excluding hydrogens is 346 g/mol. The fourth-order valence-corrected chi connectivity index (χ4v) is 6.25. The van der Waals surface area contributed by atoms with Gasteiger partial charge in [0.2, 0.25) is 0 Å². The predicted molar refractivity (Wildman–Crippen MR) is 94.9 cm³/mol. The SMILES string of the molecule is C[NH+](CC(=O)N[C@@]1(C)CCS(=O)(=O)C1)Cc1nc2ccccc2s1. The Morgan fingerprint density at radius 3 is 2.83 bits per heavy atom. The van der Waals surface area contributed by atoms with E-state index in [1.807, 2.05) is 31.3 Å². The van der Waals surface area contributed by atoms with E-state index in [2.05, 4.69) is 10.3 Å². The second-order valence-corrected chi connectivity index (χ2v) is 10.1. The number of fused-ring (bicyclic) bond motifs is 1. The zero-order chi connectivity index (χ0) is 17.4. The van der Waals surface area contributed by atoms with Crippen molar-refractivity contribution in [1.29, 1.82) is 0 Å². The fraction of sp³-hybridized carbons (Fsp3) is 0.500. The Bertz CT molecular complexity index is 829. The molecule has 0 radical (unpaired) electrons. The minimum Gasteiger partial charge on any atom is -0.345 e. The molecule has 0 spiro atoms. The molecule has 1 fully saturated rings. The van der Waals surface area contributed by atoms with Gasteiger partial charge in [-0.3, -0.25) is 4.79 Å². The lowest BCUT2D eigenvalue weighted by Crippen LogP contribution is -3.09. The number of hydrogen-bond acceptors (Lipinski definition) is 5. The molecule has 1 saturated heterocycles. The molecule has 2 atom stereocenters. The second kappa shape index (κ2) is 6.42. The molecule has 130 valence electrons. The normalized spacial score (nSPS) is 24.1. The first-order valence-electron chi connectivity index (χ1n) is 7.92. The van der Waals surface area contributed by atoms with E-state index in [0.717, 1.165) is 20.1 Å². The largest absolute Gasteiger partial charge is 0.345 e. The Morgan fingerprint density at radius 2 is 2.17 bits per heavy atom. The third-order valence-corrected chi connectivity index (χ3v) is 7.14. The number of rotatable bonds is 5. The summed E-state index contributed by atoms with van der Waals surface area (Å²) in [6.07, 6.45) is 0.484. The number of nitrogens with zero attached hydrogens (tertiary/aromatic N) is 1. The molecule has 2 N–H and O–H groups in total. The van der Waals surface area contributed by atoms with Crippen LogP contribution in [0.2, 0.25) is 0 Å². The first-order chi connectivity index (χ1) is 11.2. The van der Waals surface area contributed by atoms with Gasteiger partial charge in [0.15, 0.2) is 16.4 Å². The number of likely N-dealkylation sites (N-methyl/N-ethyl adjacent to an activating group) is 1. The summed E-state index contributed by atoms with van der Waals surface area (Å²) >= 11 is 1.64. The monoisotopic (exact) mass is 368 g/mol. The third kappa shape index (κ3) is 4.12. The highest BCUT2D eigenvalue weighted by atomic mass is 32.2. The summed E-state index contributed by atoms with van der Waals surface area (Å²) in [6.45, 7) is 2.77. The van der Waals surface area contributed by atoms with Gasteiger partial charge < -0.3 is 10.2 Å². The van der Waals surface area contributed by atoms with Gasteiger partial charge in [-0.15, -0.1) is 11.3 Å². The maximum atomic E-state index is 12.2. The average Bonchev–Trinajstić information content (AvgIpc) is 2.97. The molecule has 0 saturated carbocycles. The first kappa shape index (κ1) is 17.3. The minimum atomic E-state index is -3.02. The van der Waals surface area contributed by atoms with Crippen LogP contribution in [-0.2, 0) is 21.2 Å². The number of carbonyl (C=O) groups is 1. The van der Waals surface area contributed by atoms with Crippen molar-refractivity contribution in [1.82, 2.24) is 10.3 Å². The summed E-state index contributed by atoms with van der Waals surface area (Å²) in [5.74, 6) is 0.0640. The lowest BCUT2D eigenvalue weighted by Gasteiger charge is -2.24. The maximum absolute atomic E-state index is 12.2. The van der Waals surface area contributed by atoms with E-state index in [1.165, 1.54) is 0 Å². The molecule has 1 amide bonds. The second-order valence-electron chi connectivity index (χ2n) is 6.84. The molecule has 1 aromatic carbocycles. The van der Waals surface area contributed by atoms with Crippen molar-refractivity contribution in [3.63, 3.8) is 0 Å². The van der Waals surface area contributed by atoms with Crippen molar-refractivity contribution in [2.24, 2.45) is 0 Å². The van der Waals surface area contributed by atoms with Gasteiger partial charge in [-0.1, -0.05) is 12.1 Å². The molecule has 24 heavy (non-hydrogen) atoms. The number of benzene rings is 1. The number of thiazole rings is 1. The van der Waals surface area contributed by atoms with Crippen LogP contribution in [0.4, 0.5) is 0 Å². The molecular formula is C16H22N3O3S2+. The number of nitrogens with one attached hydrogen (secondary N) is 2. The van der Waals surface area contributed by atoms with E-state index in [9.17, 15) is 13.2 Å². The predicted octanol–water partition coefficient (Wildman–Crippen LogP) is 0.00440. The number of carbonyl (C=O) groups excluding carboxylic acids is 1. The summed E-state index contributed by atoms with van der Waals surface area (Å²) < 4.78 is 24.4. The number of quaternary nitrogens is 1. The molecule has 1 aliphatic rings. The molecule has 1 aromatic heterocycles. The van der Waals surface area contributed by atoms with Crippen LogP contribution in [0, 0.1) is 0 Å². The van der Waals surface area contributed by atoms with E-state index < -0.39 is 15.4 Å². The fourth-order valence-electron chi connectivity index (χ4n) is 3.08. The molecule has 2 aromatic rings. The molecule has 3 rings (SSSR count). The van der Waals surface area contributed by atoms with Gasteiger partial charge in [-0.05, 0) is 25.5 Å². The van der Waals surface area contributed by atoms with Gasteiger partial charge in [0.05, 0.1) is 34.3 Å². The highest BCUT2D eigenvalue weighted by Gasteiger charge is 2.39. The summed E-state index contributed by atoms with van der Waals surface area (Å²) in [5, 5.41) is 3.89. The topological polar surface area (TPSA) is 80.6 Å². The smallest absolute Gasteiger partial charge is 0.275 e. The zero-order valence-electron chi connectivity index (χ0n) is 13.8. The van der Waals surface area contributed by atoms with Crippen LogP contribution in [0.15, 0.2) is 24.3 Å². The zero-order valence-corrected chi connectivity index (χ0v) is 15.5. The van der Waals surface area contributed by atoms with Gasteiger partial charge >= 0.3 is 0 Å². The van der Waals surface area contributed by atoms with Crippen molar-refractivity contribution >= 4 is 37.3 Å². The number of sulfone groups is 1. The van der Waals surface area contributed by atoms with Gasteiger partial charge in [-0.2, -0.15) is 0 Å². The van der Waals surface area contributed by atoms with Crippen molar-refractivity contribution in [3.8, 4) is 0 Å². The molecule has 2 heterocycles. The van der Waals surface area contributed by atoms with Crippen molar-refractivity contribution in [2.75, 3.05) is 25.1 Å². The van der Waals surface area contributed by atoms with Crippen molar-refractivity contribution < 1.29 is 18.1 Å². The van der Waals surface area contributed by atoms with E-state index in [4.69, 9.17) is 0 Å². The van der Waals surface area contributed by atoms with Gasteiger partial charge in [0.25, 0.3) is 5.91 Å². The third-order valence-electron chi connectivity index (χ3n) is 4.20. The first-order valence-corrected chi connectivity index (χ1v) is 10.6. The summed E-state index contributed by atoms with van der Waals surface area (Å²) in [4.78, 5) is 17.9. The average molecular weight is 369 g/mol. The molecule has 6 nitrogen and oxygen atoms in total. The van der Waals surface area contributed by atoms with Gasteiger partial charge in [-0.25, -0.2) is 13.4 Å². The van der Waals surface area contributed by atoms with Crippen LogP contribution in [0.3, 0.4) is 0 Å². The maximum Gasteiger partial charge on any atom is 0.275 e. The van der Waals surface area contributed by atoms with Crippen LogP contribution >= 0.6 is 11.3 Å². The summed E-state index contributed by atoms with van der Waals surface area (Å²) in [5.41, 5.74) is 0.352. The van der Waals surface area contributed by atoms with E-state index in [0.29, 0.717) is 19.5 Å². The van der Waals surface area contributed by atoms with Crippen LogP contribution in [0.1, 0.15) is 18.4 Å². The molecule has 0 aliphatic carbocycles. The van der Waals surface area contributed by atoms with Crippen LogP contribution in [0.25, 0.3) is 10.2 Å². The Kier molecular flexibility index (Phi) is 4.63. The van der Waals surface area contributed by atoms with Gasteiger partial charge in [0, 0.05) is 0 Å². The Labute approximate surface area is 145 Å². The highest BCUT2D eigenvalue weighted by Crippen LogP contribution is 2.22. The van der Waals surface area contributed by atoms with E-state index >= 15 is 0 Å². The highest BCUT2D eigenvalue weighted by molar-refractivity contribution is 7.91. The number of amides is 1. The number of hydrogen-bond donors (Lipinski definition) is 2. The Morgan fingerprint density at radius 1 is 1.42 bits per heavy atom. The van der Waals surface area contributed by atoms with Crippen LogP contribution < -0.4 is 10.2 Å². The van der Waals surface area contributed by atoms with Crippen LogP contribution in [-0.4, -0.2) is 49.9 Å². The molecule has 0 bridgehead atoms. The lowest BCUT2D eigenvalue weighted by molar-refractivity contribution is -0.885. The standard InChI is InChI=1S/C16H21N3O3S2/c1-16(7-8-24(21,22)11-16)18-14(20)9-19(2)10-15-17-12-5-3-4-6-13(12)23-15/h3-6H,7-11H2,1-2H3,(H,18,20)/p+1/t16-/m0/s1. The summed E-state index contributed by atoms with van der Waals surface area (Å²) in [7, 11) is -1.08. The van der Waals surface area contributed by atoms with Crippen LogP contribution in [0.5, 0.6) is 0 Å². The molecule has 8 heteroatoms. The quantitative estimate of drug-likeness (QED) is 0.779. The van der Waals surface area contributed by atoms with Gasteiger partial charge in [0.1, 0.15) is 11.6 Å². The van der Waals surface area contributed by atoms with Crippen molar-refractivity contribution in [3.05, 3.63) is 29.3 Å². The van der Waals surface area contributed by atoms with Crippen molar-refractivity contribution in [2.45, 2.75) is 25.4 Å². The Balaban J connectivity index is 1.56. The number of aromatic nitrogens is 1. The van der Waals surface area contributed by atoms with E-state index in [-0.39, 0.29) is 17.4 Å². The molecule has 1 aliphatic heterocycles. The minimum absolute atomic E-state index is 0.0304. The molecule has 1 unspecified atom stereocenters. The lowest BCUT2D eigenvalue weighted by atomic mass is 10.0. The number of para-hydroxylation sites is 1.